The van der Waals surface area contributed by atoms with Crippen LogP contribution >= 0.6 is 0 Å². The first kappa shape index (κ1) is 14.0. The molecule has 2 rings (SSSR count). The fraction of sp³-hybridized carbons (Fsp3) is 0.176. The molecular formula is C17H17NO2. The van der Waals surface area contributed by atoms with Crippen LogP contribution in [0.25, 0.3) is 0 Å². The standard InChI is InChI=1S/C17H17NO2/c19-17(20)6-2-1-4-14-7-9-15(10-8-14)12-16-5-3-11-18-13-16/h2-3,5-11,13H,1,4,12H2,(H,19,20). The summed E-state index contributed by atoms with van der Waals surface area (Å²) in [5.41, 5.74) is 3.67. The first-order chi connectivity index (χ1) is 9.74. The molecule has 20 heavy (non-hydrogen) atoms. The maximum atomic E-state index is 10.3. The Bertz CT molecular complexity index is 574. The molecule has 3 heteroatoms. The molecule has 1 aromatic heterocycles. The first-order valence-corrected chi connectivity index (χ1v) is 6.60. The quantitative estimate of drug-likeness (QED) is 0.817. The molecule has 3 nitrogen and oxygen atoms in total. The van der Waals surface area contributed by atoms with E-state index in [0.29, 0.717) is 0 Å². The summed E-state index contributed by atoms with van der Waals surface area (Å²) in [4.78, 5) is 14.4. The number of carboxylic acid groups (broad SMARTS) is 1. The molecule has 0 aliphatic heterocycles. The number of benzene rings is 1. The number of aliphatic carboxylic acids is 1. The zero-order valence-corrected chi connectivity index (χ0v) is 11.2. The van der Waals surface area contributed by atoms with Gasteiger partial charge in [-0.15, -0.1) is 0 Å². The topological polar surface area (TPSA) is 50.2 Å². The third-order valence-corrected chi connectivity index (χ3v) is 3.01. The van der Waals surface area contributed by atoms with Crippen LogP contribution in [-0.2, 0) is 17.6 Å². The van der Waals surface area contributed by atoms with Gasteiger partial charge in [-0.3, -0.25) is 4.98 Å². The Labute approximate surface area is 118 Å². The van der Waals surface area contributed by atoms with Gasteiger partial charge in [-0.05, 0) is 42.0 Å². The third kappa shape index (κ3) is 4.69. The van der Waals surface area contributed by atoms with Crippen LogP contribution < -0.4 is 0 Å². The molecule has 102 valence electrons. The smallest absolute Gasteiger partial charge is 0.327 e. The van der Waals surface area contributed by atoms with Crippen molar-refractivity contribution in [2.75, 3.05) is 0 Å². The Morgan fingerprint density at radius 2 is 1.85 bits per heavy atom. The number of nitrogens with zero attached hydrogens (tertiary/aromatic N) is 1. The fourth-order valence-electron chi connectivity index (χ4n) is 2.00. The molecule has 0 bridgehead atoms. The molecular weight excluding hydrogens is 250 g/mol. The van der Waals surface area contributed by atoms with Crippen LogP contribution in [-0.4, -0.2) is 16.1 Å². The van der Waals surface area contributed by atoms with Gasteiger partial charge in [-0.1, -0.05) is 36.4 Å². The van der Waals surface area contributed by atoms with E-state index in [4.69, 9.17) is 5.11 Å². The van der Waals surface area contributed by atoms with Crippen molar-refractivity contribution in [2.45, 2.75) is 19.3 Å². The number of rotatable bonds is 6. The number of allylic oxidation sites excluding steroid dienone is 1. The van der Waals surface area contributed by atoms with Gasteiger partial charge in [0.25, 0.3) is 0 Å². The second kappa shape index (κ2) is 7.24. The Balaban J connectivity index is 1.88. The zero-order chi connectivity index (χ0) is 14.2. The van der Waals surface area contributed by atoms with E-state index < -0.39 is 5.97 Å². The van der Waals surface area contributed by atoms with Crippen LogP contribution in [0.4, 0.5) is 0 Å². The Hall–Kier alpha value is -2.42. The zero-order valence-electron chi connectivity index (χ0n) is 11.2. The summed E-state index contributed by atoms with van der Waals surface area (Å²) < 4.78 is 0. The molecule has 0 amide bonds. The lowest BCUT2D eigenvalue weighted by Crippen LogP contribution is -1.91. The van der Waals surface area contributed by atoms with Crippen LogP contribution in [0.3, 0.4) is 0 Å². The van der Waals surface area contributed by atoms with Gasteiger partial charge < -0.3 is 5.11 Å². The third-order valence-electron chi connectivity index (χ3n) is 3.01. The van der Waals surface area contributed by atoms with Crippen molar-refractivity contribution in [3.63, 3.8) is 0 Å². The van der Waals surface area contributed by atoms with E-state index in [1.807, 2.05) is 12.3 Å². The normalized spacial score (nSPS) is 10.8. The molecule has 0 saturated heterocycles. The van der Waals surface area contributed by atoms with Gasteiger partial charge in [0.1, 0.15) is 0 Å². The molecule has 1 aromatic carbocycles. The van der Waals surface area contributed by atoms with Crippen LogP contribution in [0.5, 0.6) is 0 Å². The maximum absolute atomic E-state index is 10.3. The molecule has 0 aliphatic rings. The summed E-state index contributed by atoms with van der Waals surface area (Å²) in [6.07, 6.45) is 9.02. The van der Waals surface area contributed by atoms with Crippen LogP contribution in [0.15, 0.2) is 60.9 Å². The second-order valence-electron chi connectivity index (χ2n) is 4.63. The van der Waals surface area contributed by atoms with Gasteiger partial charge in [0.2, 0.25) is 0 Å². The van der Waals surface area contributed by atoms with Crippen molar-refractivity contribution in [1.29, 1.82) is 0 Å². The van der Waals surface area contributed by atoms with E-state index in [0.717, 1.165) is 19.3 Å². The molecule has 2 aromatic rings. The lowest BCUT2D eigenvalue weighted by Gasteiger charge is -2.03. The molecule has 0 fully saturated rings. The monoisotopic (exact) mass is 267 g/mol. The van der Waals surface area contributed by atoms with E-state index in [1.165, 1.54) is 22.8 Å². The van der Waals surface area contributed by atoms with Gasteiger partial charge in [0, 0.05) is 18.5 Å². The van der Waals surface area contributed by atoms with Gasteiger partial charge in [0.05, 0.1) is 0 Å². The van der Waals surface area contributed by atoms with Crippen molar-refractivity contribution in [2.24, 2.45) is 0 Å². The summed E-state index contributed by atoms with van der Waals surface area (Å²) in [7, 11) is 0. The van der Waals surface area contributed by atoms with Crippen LogP contribution in [0, 0.1) is 0 Å². The Morgan fingerprint density at radius 1 is 1.10 bits per heavy atom. The molecule has 0 unspecified atom stereocenters. The molecule has 1 N–H and O–H groups in total. The summed E-state index contributed by atoms with van der Waals surface area (Å²) in [5, 5.41) is 8.50. The van der Waals surface area contributed by atoms with Crippen molar-refractivity contribution < 1.29 is 9.90 Å². The average molecular weight is 267 g/mol. The van der Waals surface area contributed by atoms with E-state index in [2.05, 4.69) is 35.3 Å². The van der Waals surface area contributed by atoms with Gasteiger partial charge in [-0.25, -0.2) is 4.79 Å². The number of carboxylic acids is 1. The predicted octanol–water partition coefficient (Wildman–Crippen LogP) is 3.25. The number of carbonyl (C=O) groups is 1. The largest absolute Gasteiger partial charge is 0.478 e. The number of aromatic nitrogens is 1. The number of hydrogen-bond acceptors (Lipinski definition) is 2. The summed E-state index contributed by atoms with van der Waals surface area (Å²) >= 11 is 0. The van der Waals surface area contributed by atoms with Crippen molar-refractivity contribution in [1.82, 2.24) is 4.98 Å². The molecule has 0 radical (unpaired) electrons. The number of pyridine rings is 1. The predicted molar refractivity (Wildman–Crippen MR) is 78.6 cm³/mol. The minimum absolute atomic E-state index is 0.744. The van der Waals surface area contributed by atoms with Crippen LogP contribution in [0.1, 0.15) is 23.1 Å². The highest BCUT2D eigenvalue weighted by atomic mass is 16.4. The lowest BCUT2D eigenvalue weighted by atomic mass is 10.0. The molecule has 0 aliphatic carbocycles. The summed E-state index contributed by atoms with van der Waals surface area (Å²) in [6, 6.07) is 12.4. The number of hydrogen-bond donors (Lipinski definition) is 1. The van der Waals surface area contributed by atoms with Gasteiger partial charge in [0.15, 0.2) is 0 Å². The van der Waals surface area contributed by atoms with E-state index in [9.17, 15) is 4.79 Å². The minimum Gasteiger partial charge on any atom is -0.478 e. The van der Waals surface area contributed by atoms with Crippen molar-refractivity contribution >= 4 is 5.97 Å². The van der Waals surface area contributed by atoms with Crippen LogP contribution in [0.2, 0.25) is 0 Å². The first-order valence-electron chi connectivity index (χ1n) is 6.60. The maximum Gasteiger partial charge on any atom is 0.327 e. The highest BCUT2D eigenvalue weighted by molar-refractivity contribution is 5.79. The summed E-state index contributed by atoms with van der Waals surface area (Å²) in [5.74, 6) is -0.892. The summed E-state index contributed by atoms with van der Waals surface area (Å²) in [6.45, 7) is 0. The van der Waals surface area contributed by atoms with E-state index in [-0.39, 0.29) is 0 Å². The minimum atomic E-state index is -0.892. The average Bonchev–Trinajstić information content (AvgIpc) is 2.46. The van der Waals surface area contributed by atoms with E-state index in [1.54, 1.807) is 12.3 Å². The molecule has 1 heterocycles. The highest BCUT2D eigenvalue weighted by Gasteiger charge is 1.97. The molecule has 0 spiro atoms. The van der Waals surface area contributed by atoms with E-state index >= 15 is 0 Å². The number of aryl methyl sites for hydroxylation is 1. The Kier molecular flexibility index (Phi) is 5.07. The molecule has 0 saturated carbocycles. The van der Waals surface area contributed by atoms with Crippen molar-refractivity contribution in [3.05, 3.63) is 77.6 Å². The Morgan fingerprint density at radius 3 is 2.50 bits per heavy atom. The van der Waals surface area contributed by atoms with Gasteiger partial charge in [-0.2, -0.15) is 0 Å². The second-order valence-corrected chi connectivity index (χ2v) is 4.63. The van der Waals surface area contributed by atoms with Crippen molar-refractivity contribution in [3.8, 4) is 0 Å². The SMILES string of the molecule is O=C(O)C=CCCc1ccc(Cc2cccnc2)cc1. The fourth-order valence-corrected chi connectivity index (χ4v) is 2.00. The molecule has 0 atom stereocenters. The highest BCUT2D eigenvalue weighted by Crippen LogP contribution is 2.11. The van der Waals surface area contributed by atoms with Gasteiger partial charge >= 0.3 is 5.97 Å². The lowest BCUT2D eigenvalue weighted by molar-refractivity contribution is -0.131.